The molecule has 0 aromatic carbocycles. The van der Waals surface area contributed by atoms with Gasteiger partial charge in [0.15, 0.2) is 9.84 Å². The Labute approximate surface area is 90.0 Å². The SMILES string of the molecule is CN(CC1CC(O)C1)C(=O)CS(C)(=O)=O. The predicted octanol–water partition coefficient (Wildman–Crippen LogP) is -0.740. The minimum absolute atomic E-state index is 0.242. The smallest absolute Gasteiger partial charge is 0.237 e. The summed E-state index contributed by atoms with van der Waals surface area (Å²) in [6.45, 7) is 0.533. The van der Waals surface area contributed by atoms with Crippen LogP contribution in [0.3, 0.4) is 0 Å². The molecule has 1 aliphatic carbocycles. The summed E-state index contributed by atoms with van der Waals surface area (Å²) in [7, 11) is -1.65. The van der Waals surface area contributed by atoms with Crippen LogP contribution in [-0.2, 0) is 14.6 Å². The number of aliphatic hydroxyl groups is 1. The van der Waals surface area contributed by atoms with Crippen molar-refractivity contribution in [2.45, 2.75) is 18.9 Å². The van der Waals surface area contributed by atoms with Crippen LogP contribution in [0, 0.1) is 5.92 Å². The molecule has 0 aromatic rings. The van der Waals surface area contributed by atoms with Crippen molar-refractivity contribution in [3.63, 3.8) is 0 Å². The number of aliphatic hydroxyl groups excluding tert-OH is 1. The first-order valence-electron chi connectivity index (χ1n) is 4.87. The van der Waals surface area contributed by atoms with E-state index in [1.54, 1.807) is 7.05 Å². The highest BCUT2D eigenvalue weighted by atomic mass is 32.2. The second-order valence-corrected chi connectivity index (χ2v) is 6.48. The Morgan fingerprint density at radius 3 is 2.40 bits per heavy atom. The van der Waals surface area contributed by atoms with Crippen LogP contribution in [0.4, 0.5) is 0 Å². The lowest BCUT2D eigenvalue weighted by atomic mass is 9.82. The minimum atomic E-state index is -3.24. The lowest BCUT2D eigenvalue weighted by molar-refractivity contribution is -0.128. The first-order valence-corrected chi connectivity index (χ1v) is 6.93. The van der Waals surface area contributed by atoms with Gasteiger partial charge in [0.25, 0.3) is 0 Å². The number of rotatable bonds is 4. The maximum atomic E-state index is 11.4. The van der Waals surface area contributed by atoms with E-state index in [9.17, 15) is 13.2 Å². The summed E-state index contributed by atoms with van der Waals surface area (Å²) in [4.78, 5) is 12.8. The van der Waals surface area contributed by atoms with Crippen LogP contribution < -0.4 is 0 Å². The molecule has 0 unspecified atom stereocenters. The lowest BCUT2D eigenvalue weighted by Gasteiger charge is -2.34. The number of carbonyl (C=O) groups excluding carboxylic acids is 1. The van der Waals surface area contributed by atoms with Crippen molar-refractivity contribution >= 4 is 15.7 Å². The Kier molecular flexibility index (Phi) is 3.72. The fourth-order valence-electron chi connectivity index (χ4n) is 1.67. The molecule has 5 nitrogen and oxygen atoms in total. The van der Waals surface area contributed by atoms with E-state index in [1.165, 1.54) is 4.90 Å². The van der Waals surface area contributed by atoms with Crippen molar-refractivity contribution in [1.82, 2.24) is 4.90 Å². The summed E-state index contributed by atoms with van der Waals surface area (Å²) in [6, 6.07) is 0. The normalized spacial score (nSPS) is 25.8. The fourth-order valence-corrected chi connectivity index (χ4v) is 2.34. The summed E-state index contributed by atoms with van der Waals surface area (Å²) in [5.41, 5.74) is 0. The van der Waals surface area contributed by atoms with E-state index in [4.69, 9.17) is 5.11 Å². The van der Waals surface area contributed by atoms with E-state index < -0.39 is 15.6 Å². The third-order valence-corrected chi connectivity index (χ3v) is 3.33. The highest BCUT2D eigenvalue weighted by molar-refractivity contribution is 7.91. The molecular weight excluding hydrogens is 218 g/mol. The Morgan fingerprint density at radius 1 is 1.47 bits per heavy atom. The molecule has 1 saturated carbocycles. The van der Waals surface area contributed by atoms with Gasteiger partial charge in [-0.3, -0.25) is 4.79 Å². The zero-order valence-corrected chi connectivity index (χ0v) is 9.83. The van der Waals surface area contributed by atoms with Crippen LogP contribution in [-0.4, -0.2) is 56.0 Å². The van der Waals surface area contributed by atoms with Gasteiger partial charge in [0, 0.05) is 19.8 Å². The van der Waals surface area contributed by atoms with Crippen LogP contribution in [0.25, 0.3) is 0 Å². The lowest BCUT2D eigenvalue weighted by Crippen LogP contribution is -2.41. The summed E-state index contributed by atoms with van der Waals surface area (Å²) < 4.78 is 21.8. The topological polar surface area (TPSA) is 74.7 Å². The number of sulfone groups is 1. The molecule has 0 bridgehead atoms. The van der Waals surface area contributed by atoms with Crippen molar-refractivity contribution < 1.29 is 18.3 Å². The number of nitrogens with zero attached hydrogens (tertiary/aromatic N) is 1. The summed E-state index contributed by atoms with van der Waals surface area (Å²) >= 11 is 0. The second-order valence-electron chi connectivity index (χ2n) is 4.34. The maximum absolute atomic E-state index is 11.4. The Hall–Kier alpha value is -0.620. The molecule has 0 aromatic heterocycles. The molecule has 0 spiro atoms. The molecule has 0 radical (unpaired) electrons. The van der Waals surface area contributed by atoms with Crippen LogP contribution in [0.2, 0.25) is 0 Å². The van der Waals surface area contributed by atoms with Crippen LogP contribution in [0.5, 0.6) is 0 Å². The monoisotopic (exact) mass is 235 g/mol. The molecule has 15 heavy (non-hydrogen) atoms. The third kappa shape index (κ3) is 4.17. The maximum Gasteiger partial charge on any atom is 0.237 e. The van der Waals surface area contributed by atoms with Crippen LogP contribution in [0.1, 0.15) is 12.8 Å². The van der Waals surface area contributed by atoms with Gasteiger partial charge in [0.1, 0.15) is 5.75 Å². The van der Waals surface area contributed by atoms with Gasteiger partial charge in [0.05, 0.1) is 6.10 Å². The molecule has 1 aliphatic rings. The minimum Gasteiger partial charge on any atom is -0.393 e. The zero-order chi connectivity index (χ0) is 11.6. The van der Waals surface area contributed by atoms with Gasteiger partial charge in [-0.15, -0.1) is 0 Å². The highest BCUT2D eigenvalue weighted by Gasteiger charge is 2.29. The van der Waals surface area contributed by atoms with Crippen molar-refractivity contribution in [3.8, 4) is 0 Å². The van der Waals surface area contributed by atoms with E-state index in [-0.39, 0.29) is 12.0 Å². The van der Waals surface area contributed by atoms with Crippen LogP contribution >= 0.6 is 0 Å². The molecule has 0 aliphatic heterocycles. The van der Waals surface area contributed by atoms with Crippen molar-refractivity contribution in [3.05, 3.63) is 0 Å². The Morgan fingerprint density at radius 2 is 2.00 bits per heavy atom. The molecule has 6 heteroatoms. The van der Waals surface area contributed by atoms with Gasteiger partial charge in [-0.05, 0) is 18.8 Å². The molecule has 1 N–H and O–H groups in total. The van der Waals surface area contributed by atoms with Crippen molar-refractivity contribution in [2.24, 2.45) is 5.92 Å². The largest absolute Gasteiger partial charge is 0.393 e. The summed E-state index contributed by atoms with van der Waals surface area (Å²) in [5, 5.41) is 9.06. The average Bonchev–Trinajstić information content (AvgIpc) is 1.98. The van der Waals surface area contributed by atoms with Crippen molar-refractivity contribution in [1.29, 1.82) is 0 Å². The number of amides is 1. The highest BCUT2D eigenvalue weighted by Crippen LogP contribution is 2.27. The van der Waals surface area contributed by atoms with E-state index in [0.717, 1.165) is 6.26 Å². The molecular formula is C9H17NO4S. The molecule has 0 saturated heterocycles. The first kappa shape index (κ1) is 12.4. The molecule has 0 heterocycles. The average molecular weight is 235 g/mol. The second kappa shape index (κ2) is 4.49. The van der Waals surface area contributed by atoms with Gasteiger partial charge in [0.2, 0.25) is 5.91 Å². The molecule has 1 amide bonds. The van der Waals surface area contributed by atoms with Crippen molar-refractivity contribution in [2.75, 3.05) is 25.6 Å². The quantitative estimate of drug-likeness (QED) is 0.696. The van der Waals surface area contributed by atoms with E-state index in [1.807, 2.05) is 0 Å². The molecule has 88 valence electrons. The standard InChI is InChI=1S/C9H17NO4S/c1-10(5-7-3-8(11)4-7)9(12)6-15(2,13)14/h7-8,11H,3-6H2,1-2H3. The van der Waals surface area contributed by atoms with Gasteiger partial charge < -0.3 is 10.0 Å². The molecule has 1 fully saturated rings. The zero-order valence-electron chi connectivity index (χ0n) is 9.01. The summed E-state index contributed by atoms with van der Waals surface area (Å²) in [6.07, 6.45) is 2.21. The molecule has 1 rings (SSSR count). The van der Waals surface area contributed by atoms with Gasteiger partial charge in [-0.1, -0.05) is 0 Å². The Bertz CT molecular complexity index is 332. The van der Waals surface area contributed by atoms with E-state index in [0.29, 0.717) is 25.3 Å². The number of hydrogen-bond acceptors (Lipinski definition) is 4. The first-order chi connectivity index (χ1) is 6.78. The number of carbonyl (C=O) groups is 1. The predicted molar refractivity (Wildman–Crippen MR) is 56.1 cm³/mol. The Balaban J connectivity index is 2.34. The van der Waals surface area contributed by atoms with E-state index >= 15 is 0 Å². The van der Waals surface area contributed by atoms with Gasteiger partial charge in [-0.2, -0.15) is 0 Å². The van der Waals surface area contributed by atoms with Gasteiger partial charge in [-0.25, -0.2) is 8.42 Å². The van der Waals surface area contributed by atoms with Gasteiger partial charge >= 0.3 is 0 Å². The fraction of sp³-hybridized carbons (Fsp3) is 0.889. The number of hydrogen-bond donors (Lipinski definition) is 1. The van der Waals surface area contributed by atoms with Crippen LogP contribution in [0.15, 0.2) is 0 Å². The third-order valence-electron chi connectivity index (χ3n) is 2.55. The summed E-state index contributed by atoms with van der Waals surface area (Å²) in [5.74, 6) is -0.494. The van der Waals surface area contributed by atoms with E-state index in [2.05, 4.69) is 0 Å². The molecule has 0 atom stereocenters.